The van der Waals surface area contributed by atoms with Crippen molar-refractivity contribution in [3.63, 3.8) is 0 Å². The number of carboxylic acid groups (broad SMARTS) is 1. The summed E-state index contributed by atoms with van der Waals surface area (Å²) in [7, 11) is 1.59. The van der Waals surface area contributed by atoms with Crippen LogP contribution in [0.2, 0.25) is 0 Å². The first-order valence-corrected chi connectivity index (χ1v) is 8.46. The maximum atomic E-state index is 13.0. The number of rotatable bonds is 4. The van der Waals surface area contributed by atoms with Crippen molar-refractivity contribution in [2.24, 2.45) is 5.92 Å². The average Bonchev–Trinajstić information content (AvgIpc) is 2.81. The van der Waals surface area contributed by atoms with Gasteiger partial charge < -0.3 is 24.2 Å². The lowest BCUT2D eigenvalue weighted by Gasteiger charge is -2.33. The van der Waals surface area contributed by atoms with Crippen molar-refractivity contribution in [1.29, 1.82) is 0 Å². The molecule has 1 aromatic carbocycles. The van der Waals surface area contributed by atoms with Gasteiger partial charge in [-0.05, 0) is 25.0 Å². The lowest BCUT2D eigenvalue weighted by atomic mass is 9.97. The Morgan fingerprint density at radius 1 is 1.32 bits per heavy atom. The van der Waals surface area contributed by atoms with Gasteiger partial charge in [-0.3, -0.25) is 4.79 Å². The number of aromatic carboxylic acids is 1. The van der Waals surface area contributed by atoms with Gasteiger partial charge in [0.2, 0.25) is 5.91 Å². The fraction of sp³-hybridized carbons (Fsp3) is 0.556. The molecule has 2 heterocycles. The second-order valence-electron chi connectivity index (χ2n) is 6.40. The van der Waals surface area contributed by atoms with E-state index in [1.807, 2.05) is 4.90 Å². The molecule has 1 N–H and O–H groups in total. The van der Waals surface area contributed by atoms with Gasteiger partial charge in [0.1, 0.15) is 12.4 Å². The smallest absolute Gasteiger partial charge is 0.335 e. The number of benzene rings is 1. The van der Waals surface area contributed by atoms with E-state index in [9.17, 15) is 9.59 Å². The summed E-state index contributed by atoms with van der Waals surface area (Å²) in [5, 5.41) is 9.15. The molecule has 25 heavy (non-hydrogen) atoms. The Balaban J connectivity index is 1.85. The van der Waals surface area contributed by atoms with E-state index in [2.05, 4.69) is 0 Å². The maximum absolute atomic E-state index is 13.0. The normalized spacial score (nSPS) is 21.2. The maximum Gasteiger partial charge on any atom is 0.335 e. The average molecular weight is 349 g/mol. The summed E-state index contributed by atoms with van der Waals surface area (Å²) >= 11 is 0. The summed E-state index contributed by atoms with van der Waals surface area (Å²) in [6, 6.07) is 4.57. The summed E-state index contributed by atoms with van der Waals surface area (Å²) in [4.78, 5) is 26.0. The fourth-order valence-electron chi connectivity index (χ4n) is 3.31. The van der Waals surface area contributed by atoms with E-state index >= 15 is 0 Å². The van der Waals surface area contributed by atoms with Crippen molar-refractivity contribution in [3.05, 3.63) is 29.3 Å². The summed E-state index contributed by atoms with van der Waals surface area (Å²) in [5.74, 6) is -0.445. The Bertz CT molecular complexity index is 640. The third kappa shape index (κ3) is 3.93. The number of carbonyl (C=O) groups excluding carboxylic acids is 1. The summed E-state index contributed by atoms with van der Waals surface area (Å²) in [5.41, 5.74) is 0.982. The van der Waals surface area contributed by atoms with Crippen LogP contribution in [0.4, 0.5) is 0 Å². The van der Waals surface area contributed by atoms with Crippen molar-refractivity contribution >= 4 is 11.9 Å². The van der Waals surface area contributed by atoms with Gasteiger partial charge in [-0.15, -0.1) is 0 Å². The molecule has 0 spiro atoms. The van der Waals surface area contributed by atoms with E-state index in [-0.39, 0.29) is 30.0 Å². The number of amides is 1. The van der Waals surface area contributed by atoms with Crippen LogP contribution in [-0.4, -0.2) is 61.5 Å². The van der Waals surface area contributed by atoms with Crippen LogP contribution >= 0.6 is 0 Å². The minimum absolute atomic E-state index is 0.0482. The molecule has 1 unspecified atom stereocenters. The van der Waals surface area contributed by atoms with Gasteiger partial charge in [0, 0.05) is 38.3 Å². The molecule has 1 atom stereocenters. The lowest BCUT2D eigenvalue weighted by molar-refractivity contribution is -0.143. The van der Waals surface area contributed by atoms with Crippen molar-refractivity contribution in [1.82, 2.24) is 4.90 Å². The highest BCUT2D eigenvalue weighted by Crippen LogP contribution is 2.29. The molecule has 3 rings (SSSR count). The molecule has 0 aliphatic carbocycles. The zero-order valence-electron chi connectivity index (χ0n) is 14.3. The third-order valence-electron chi connectivity index (χ3n) is 4.74. The second-order valence-corrected chi connectivity index (χ2v) is 6.40. The van der Waals surface area contributed by atoms with Gasteiger partial charge in [-0.2, -0.15) is 0 Å². The number of carboxylic acids is 1. The predicted octanol–water partition coefficient (Wildman–Crippen LogP) is 1.55. The highest BCUT2D eigenvalue weighted by atomic mass is 16.5. The van der Waals surface area contributed by atoms with Crippen LogP contribution in [0.1, 0.15) is 28.8 Å². The molecular weight excluding hydrogens is 326 g/mol. The first-order chi connectivity index (χ1) is 12.1. The zero-order chi connectivity index (χ0) is 17.8. The minimum atomic E-state index is -1.00. The zero-order valence-corrected chi connectivity index (χ0v) is 14.3. The van der Waals surface area contributed by atoms with E-state index in [4.69, 9.17) is 19.3 Å². The SMILES string of the molecule is COCC1COc2cc(C(=O)O)ccc2CN1C(=O)C1CCOCC1. The van der Waals surface area contributed by atoms with Gasteiger partial charge in [0.15, 0.2) is 0 Å². The summed E-state index contributed by atoms with van der Waals surface area (Å²) < 4.78 is 16.4. The number of methoxy groups -OCH3 is 1. The van der Waals surface area contributed by atoms with Gasteiger partial charge in [0.25, 0.3) is 0 Å². The summed E-state index contributed by atoms with van der Waals surface area (Å²) in [6.07, 6.45) is 1.45. The third-order valence-corrected chi connectivity index (χ3v) is 4.74. The van der Waals surface area contributed by atoms with Crippen molar-refractivity contribution in [2.45, 2.75) is 25.4 Å². The van der Waals surface area contributed by atoms with Crippen molar-refractivity contribution in [2.75, 3.05) is 33.5 Å². The molecule has 1 amide bonds. The number of nitrogens with zero attached hydrogens (tertiary/aromatic N) is 1. The Labute approximate surface area is 146 Å². The first-order valence-electron chi connectivity index (χ1n) is 8.46. The molecule has 7 heteroatoms. The number of carbonyl (C=O) groups is 2. The van der Waals surface area contributed by atoms with Crippen molar-refractivity contribution in [3.8, 4) is 5.75 Å². The molecule has 136 valence electrons. The van der Waals surface area contributed by atoms with E-state index < -0.39 is 5.97 Å². The van der Waals surface area contributed by atoms with Gasteiger partial charge in [0.05, 0.1) is 18.2 Å². The molecule has 0 saturated carbocycles. The monoisotopic (exact) mass is 349 g/mol. The van der Waals surface area contributed by atoms with Gasteiger partial charge in [-0.1, -0.05) is 6.07 Å². The first kappa shape index (κ1) is 17.7. The molecular formula is C18H23NO6. The second kappa shape index (κ2) is 7.84. The fourth-order valence-corrected chi connectivity index (χ4v) is 3.31. The highest BCUT2D eigenvalue weighted by molar-refractivity contribution is 5.88. The van der Waals surface area contributed by atoms with E-state index in [0.717, 1.165) is 18.4 Å². The molecule has 2 aliphatic rings. The highest BCUT2D eigenvalue weighted by Gasteiger charge is 2.33. The van der Waals surface area contributed by atoms with Crippen LogP contribution < -0.4 is 4.74 Å². The topological polar surface area (TPSA) is 85.3 Å². The summed E-state index contributed by atoms with van der Waals surface area (Å²) in [6.45, 7) is 2.25. The number of hydrogen-bond acceptors (Lipinski definition) is 5. The Morgan fingerprint density at radius 2 is 2.08 bits per heavy atom. The van der Waals surface area contributed by atoms with E-state index in [1.54, 1.807) is 13.2 Å². The van der Waals surface area contributed by atoms with Crippen LogP contribution in [0, 0.1) is 5.92 Å². The Morgan fingerprint density at radius 3 is 2.76 bits per heavy atom. The number of ether oxygens (including phenoxy) is 3. The number of hydrogen-bond donors (Lipinski definition) is 1. The van der Waals surface area contributed by atoms with E-state index in [1.165, 1.54) is 12.1 Å². The quantitative estimate of drug-likeness (QED) is 0.888. The lowest BCUT2D eigenvalue weighted by Crippen LogP contribution is -2.47. The molecule has 0 radical (unpaired) electrons. The standard InChI is InChI=1S/C18H23NO6/c1-23-10-15-11-25-16-8-13(18(21)22)2-3-14(16)9-19(15)17(20)12-4-6-24-7-5-12/h2-3,8,12,15H,4-7,9-11H2,1H3,(H,21,22). The molecule has 0 aromatic heterocycles. The molecule has 7 nitrogen and oxygen atoms in total. The van der Waals surface area contributed by atoms with Crippen LogP contribution in [0.25, 0.3) is 0 Å². The van der Waals surface area contributed by atoms with Crippen LogP contribution in [0.3, 0.4) is 0 Å². The molecule has 0 bridgehead atoms. The van der Waals surface area contributed by atoms with Gasteiger partial charge in [-0.25, -0.2) is 4.79 Å². The van der Waals surface area contributed by atoms with Crippen LogP contribution in [0.5, 0.6) is 5.75 Å². The molecule has 1 fully saturated rings. The molecule has 1 saturated heterocycles. The predicted molar refractivity (Wildman–Crippen MR) is 88.7 cm³/mol. The van der Waals surface area contributed by atoms with Crippen LogP contribution in [-0.2, 0) is 20.8 Å². The van der Waals surface area contributed by atoms with Gasteiger partial charge >= 0.3 is 5.97 Å². The van der Waals surface area contributed by atoms with Crippen molar-refractivity contribution < 1.29 is 28.9 Å². The largest absolute Gasteiger partial charge is 0.491 e. The Kier molecular flexibility index (Phi) is 5.55. The Hall–Kier alpha value is -2.12. The van der Waals surface area contributed by atoms with E-state index in [0.29, 0.717) is 32.1 Å². The molecule has 1 aromatic rings. The molecule has 2 aliphatic heterocycles. The van der Waals surface area contributed by atoms with Crippen LogP contribution in [0.15, 0.2) is 18.2 Å². The minimum Gasteiger partial charge on any atom is -0.491 e. The number of fused-ring (bicyclic) bond motifs is 1.